The summed E-state index contributed by atoms with van der Waals surface area (Å²) < 4.78 is 47.0. The molecular formula is C16H19F4N5O. The Balaban J connectivity index is 0.000000352. The third-order valence-electron chi connectivity index (χ3n) is 3.69. The molecular weight excluding hydrogens is 354 g/mol. The summed E-state index contributed by atoms with van der Waals surface area (Å²) in [5.74, 6) is 0.508. The molecule has 6 nitrogen and oxygen atoms in total. The smallest absolute Gasteiger partial charge is 0.354 e. The third kappa shape index (κ3) is 5.25. The Bertz CT molecular complexity index is 754. The maximum atomic E-state index is 14.1. The molecule has 2 aromatic rings. The Morgan fingerprint density at radius 3 is 2.35 bits per heavy atom. The van der Waals surface area contributed by atoms with Crippen molar-refractivity contribution in [3.8, 4) is 11.3 Å². The van der Waals surface area contributed by atoms with E-state index in [0.717, 1.165) is 43.4 Å². The first kappa shape index (κ1) is 19.8. The topological polar surface area (TPSA) is 63.1 Å². The van der Waals surface area contributed by atoms with E-state index in [0.29, 0.717) is 5.56 Å². The fraction of sp³-hybridized carbons (Fsp3) is 0.438. The SMILES string of the molecule is Cc1cc(-c2cc(N3CCNCC3)ncc2F)n(C)n1.O=CC(F)(F)F. The molecule has 26 heavy (non-hydrogen) atoms. The number of rotatable bonds is 2. The van der Waals surface area contributed by atoms with E-state index in [9.17, 15) is 17.6 Å². The van der Waals surface area contributed by atoms with Crippen LogP contribution in [0.4, 0.5) is 23.4 Å². The lowest BCUT2D eigenvalue weighted by Gasteiger charge is -2.28. The highest BCUT2D eigenvalue weighted by Gasteiger charge is 2.24. The second-order valence-electron chi connectivity index (χ2n) is 5.71. The molecule has 1 N–H and O–H groups in total. The van der Waals surface area contributed by atoms with E-state index < -0.39 is 12.5 Å². The van der Waals surface area contributed by atoms with Crippen molar-refractivity contribution in [2.24, 2.45) is 7.05 Å². The van der Waals surface area contributed by atoms with Crippen LogP contribution in [-0.4, -0.2) is 53.4 Å². The van der Waals surface area contributed by atoms with Crippen molar-refractivity contribution in [2.75, 3.05) is 31.1 Å². The molecule has 0 atom stereocenters. The maximum Gasteiger partial charge on any atom is 0.446 e. The van der Waals surface area contributed by atoms with Crippen LogP contribution in [0.25, 0.3) is 11.3 Å². The Morgan fingerprint density at radius 1 is 1.23 bits per heavy atom. The summed E-state index contributed by atoms with van der Waals surface area (Å²) in [6.45, 7) is 5.54. The van der Waals surface area contributed by atoms with Crippen molar-refractivity contribution in [3.63, 3.8) is 0 Å². The molecule has 10 heteroatoms. The second-order valence-corrected chi connectivity index (χ2v) is 5.71. The van der Waals surface area contributed by atoms with Gasteiger partial charge in [0.25, 0.3) is 0 Å². The van der Waals surface area contributed by atoms with Gasteiger partial charge in [0.15, 0.2) is 5.82 Å². The lowest BCUT2D eigenvalue weighted by atomic mass is 10.1. The molecule has 142 valence electrons. The van der Waals surface area contributed by atoms with E-state index in [-0.39, 0.29) is 5.82 Å². The summed E-state index contributed by atoms with van der Waals surface area (Å²) in [6, 6.07) is 3.71. The standard InChI is InChI=1S/C14H18FN5.C2HF3O/c1-10-7-13(19(2)18-10)11-8-14(17-9-12(11)15)20-5-3-16-4-6-20;3-2(4,5)1-6/h7-9,16H,3-6H2,1-2H3;1H. The van der Waals surface area contributed by atoms with Crippen molar-refractivity contribution < 1.29 is 22.4 Å². The first-order chi connectivity index (χ1) is 12.2. The van der Waals surface area contributed by atoms with E-state index in [1.165, 1.54) is 6.20 Å². The summed E-state index contributed by atoms with van der Waals surface area (Å²) in [5.41, 5.74) is 2.21. The zero-order valence-corrected chi connectivity index (χ0v) is 14.3. The summed E-state index contributed by atoms with van der Waals surface area (Å²) in [7, 11) is 1.83. The Labute approximate surface area is 147 Å². The number of hydrogen-bond donors (Lipinski definition) is 1. The highest BCUT2D eigenvalue weighted by atomic mass is 19.4. The van der Waals surface area contributed by atoms with Crippen molar-refractivity contribution in [1.29, 1.82) is 0 Å². The number of aromatic nitrogens is 3. The highest BCUT2D eigenvalue weighted by Crippen LogP contribution is 2.26. The minimum Gasteiger partial charge on any atom is -0.354 e. The van der Waals surface area contributed by atoms with Gasteiger partial charge in [-0.3, -0.25) is 9.48 Å². The van der Waals surface area contributed by atoms with Gasteiger partial charge < -0.3 is 10.2 Å². The van der Waals surface area contributed by atoms with Crippen LogP contribution in [0.1, 0.15) is 5.69 Å². The van der Waals surface area contributed by atoms with Crippen LogP contribution < -0.4 is 10.2 Å². The molecule has 0 spiro atoms. The number of alkyl halides is 3. The van der Waals surface area contributed by atoms with Crippen molar-refractivity contribution >= 4 is 12.1 Å². The van der Waals surface area contributed by atoms with E-state index in [1.807, 2.05) is 26.1 Å². The molecule has 1 saturated heterocycles. The lowest BCUT2D eigenvalue weighted by molar-refractivity contribution is -0.156. The summed E-state index contributed by atoms with van der Waals surface area (Å²) in [4.78, 5) is 15.1. The van der Waals surface area contributed by atoms with Crippen molar-refractivity contribution in [1.82, 2.24) is 20.1 Å². The van der Waals surface area contributed by atoms with Crippen LogP contribution in [0.3, 0.4) is 0 Å². The molecule has 1 aliphatic heterocycles. The van der Waals surface area contributed by atoms with Gasteiger partial charge in [-0.2, -0.15) is 18.3 Å². The molecule has 3 rings (SSSR count). The lowest BCUT2D eigenvalue weighted by Crippen LogP contribution is -2.43. The van der Waals surface area contributed by atoms with E-state index in [2.05, 4.69) is 20.3 Å². The fourth-order valence-corrected chi connectivity index (χ4v) is 2.55. The number of hydrogen-bond acceptors (Lipinski definition) is 5. The van der Waals surface area contributed by atoms with Crippen molar-refractivity contribution in [2.45, 2.75) is 13.1 Å². The van der Waals surface area contributed by atoms with Crippen LogP contribution in [0.2, 0.25) is 0 Å². The maximum absolute atomic E-state index is 14.1. The van der Waals surface area contributed by atoms with E-state index in [1.54, 1.807) is 4.68 Å². The van der Waals surface area contributed by atoms with Gasteiger partial charge in [0, 0.05) is 38.8 Å². The van der Waals surface area contributed by atoms with Crippen LogP contribution in [0.5, 0.6) is 0 Å². The molecule has 0 radical (unpaired) electrons. The minimum atomic E-state index is -4.64. The molecule has 2 aromatic heterocycles. The number of nitrogens with zero attached hydrogens (tertiary/aromatic N) is 4. The number of carbonyl (C=O) groups excluding carboxylic acids is 1. The summed E-state index contributed by atoms with van der Waals surface area (Å²) >= 11 is 0. The number of nitrogens with one attached hydrogen (secondary N) is 1. The molecule has 0 aromatic carbocycles. The zero-order chi connectivity index (χ0) is 19.3. The molecule has 0 aliphatic carbocycles. The van der Waals surface area contributed by atoms with Gasteiger partial charge in [0.2, 0.25) is 6.29 Å². The Kier molecular flexibility index (Phi) is 6.30. The van der Waals surface area contributed by atoms with Gasteiger partial charge in [0.1, 0.15) is 5.82 Å². The Hall–Kier alpha value is -2.49. The largest absolute Gasteiger partial charge is 0.446 e. The molecule has 0 bridgehead atoms. The number of aryl methyl sites for hydroxylation is 2. The first-order valence-corrected chi connectivity index (χ1v) is 7.86. The number of anilines is 1. The first-order valence-electron chi connectivity index (χ1n) is 7.86. The monoisotopic (exact) mass is 373 g/mol. The van der Waals surface area contributed by atoms with Gasteiger partial charge >= 0.3 is 6.18 Å². The van der Waals surface area contributed by atoms with Crippen molar-refractivity contribution in [3.05, 3.63) is 29.8 Å². The Morgan fingerprint density at radius 2 is 1.85 bits per heavy atom. The summed E-state index contributed by atoms with van der Waals surface area (Å²) in [5, 5.41) is 7.57. The highest BCUT2D eigenvalue weighted by molar-refractivity contribution is 5.64. The fourth-order valence-electron chi connectivity index (χ4n) is 2.55. The van der Waals surface area contributed by atoms with Gasteiger partial charge in [-0.1, -0.05) is 0 Å². The molecule has 0 amide bonds. The predicted octanol–water partition coefficient (Wildman–Crippen LogP) is 2.09. The normalized spacial score (nSPS) is 14.6. The molecule has 0 saturated carbocycles. The number of carbonyl (C=O) groups is 1. The van der Waals surface area contributed by atoms with Crippen LogP contribution in [0, 0.1) is 12.7 Å². The van der Waals surface area contributed by atoms with Crippen LogP contribution >= 0.6 is 0 Å². The van der Waals surface area contributed by atoms with Gasteiger partial charge in [-0.15, -0.1) is 0 Å². The van der Waals surface area contributed by atoms with Crippen LogP contribution in [-0.2, 0) is 11.8 Å². The predicted molar refractivity (Wildman–Crippen MR) is 88.3 cm³/mol. The summed E-state index contributed by atoms with van der Waals surface area (Å²) in [6.07, 6.45) is -4.40. The number of piperazine rings is 1. The number of halogens is 4. The molecule has 3 heterocycles. The second kappa shape index (κ2) is 8.26. The third-order valence-corrected chi connectivity index (χ3v) is 3.69. The molecule has 1 aliphatic rings. The zero-order valence-electron chi connectivity index (χ0n) is 14.3. The van der Waals surface area contributed by atoms with Crippen LogP contribution in [0.15, 0.2) is 18.3 Å². The van der Waals surface area contributed by atoms with E-state index >= 15 is 0 Å². The minimum absolute atomic E-state index is 0.313. The average molecular weight is 373 g/mol. The van der Waals surface area contributed by atoms with E-state index in [4.69, 9.17) is 4.79 Å². The van der Waals surface area contributed by atoms with Gasteiger partial charge in [-0.05, 0) is 19.1 Å². The quantitative estimate of drug-likeness (QED) is 0.645. The van der Waals surface area contributed by atoms with Gasteiger partial charge in [-0.25, -0.2) is 9.37 Å². The van der Waals surface area contributed by atoms with Gasteiger partial charge in [0.05, 0.1) is 17.6 Å². The number of aldehydes is 1. The molecule has 0 unspecified atom stereocenters. The number of pyridine rings is 1. The molecule has 1 fully saturated rings. The average Bonchev–Trinajstić information content (AvgIpc) is 2.94.